The largest absolute Gasteiger partial charge is 0.460 e. The van der Waals surface area contributed by atoms with Gasteiger partial charge in [-0.15, -0.1) is 4.68 Å². The highest BCUT2D eigenvalue weighted by atomic mass is 79.9. The number of benzene rings is 1. The highest BCUT2D eigenvalue weighted by Gasteiger charge is 2.18. The molecule has 0 saturated heterocycles. The number of anilines is 2. The third-order valence-electron chi connectivity index (χ3n) is 5.97. The van der Waals surface area contributed by atoms with Crippen molar-refractivity contribution >= 4 is 59.7 Å². The molecule has 50 heavy (non-hydrogen) atoms. The molecule has 0 saturated carbocycles. The quantitative estimate of drug-likeness (QED) is 0.0780. The first-order chi connectivity index (χ1) is 23.0. The molecular weight excluding hydrogens is 800 g/mol. The van der Waals surface area contributed by atoms with Gasteiger partial charge in [0.15, 0.2) is 29.2 Å². The van der Waals surface area contributed by atoms with Crippen molar-refractivity contribution in [2.75, 3.05) is 17.3 Å². The van der Waals surface area contributed by atoms with Gasteiger partial charge in [0.25, 0.3) is 10.1 Å². The fourth-order valence-electron chi connectivity index (χ4n) is 4.24. The zero-order chi connectivity index (χ0) is 38.1. The molecule has 0 unspecified atom stereocenters. The Morgan fingerprint density at radius 1 is 0.880 bits per heavy atom. The Bertz CT molecular complexity index is 2040. The fourth-order valence-corrected chi connectivity index (χ4v) is 5.85. The van der Waals surface area contributed by atoms with E-state index >= 15 is 0 Å². The van der Waals surface area contributed by atoms with E-state index in [0.717, 1.165) is 17.1 Å². The highest BCUT2D eigenvalue weighted by Crippen LogP contribution is 2.26. The van der Waals surface area contributed by atoms with Gasteiger partial charge in [-0.05, 0) is 123 Å². The third-order valence-corrected chi connectivity index (χ3v) is 7.90. The molecule has 0 aliphatic heterocycles. The lowest BCUT2D eigenvalue weighted by Gasteiger charge is -2.16. The number of nitrogens with zero attached hydrogens (tertiary/aromatic N) is 4. The number of aromatic nitrogens is 4. The van der Waals surface area contributed by atoms with E-state index in [4.69, 9.17) is 36.4 Å². The van der Waals surface area contributed by atoms with Crippen molar-refractivity contribution in [3.05, 3.63) is 86.2 Å². The molecular formula is C32H41Br2N8O7S+. The number of hydrogen-bond donors (Lipinski definition) is 5. The number of hydrogen-bond acceptors (Lipinski definition) is 12. The van der Waals surface area contributed by atoms with Gasteiger partial charge in [-0.2, -0.15) is 8.42 Å². The summed E-state index contributed by atoms with van der Waals surface area (Å²) < 4.78 is 48.7. The predicted molar refractivity (Wildman–Crippen MR) is 197 cm³/mol. The molecule has 0 bridgehead atoms. The summed E-state index contributed by atoms with van der Waals surface area (Å²) in [5, 5.41) is 0. The van der Waals surface area contributed by atoms with Crippen LogP contribution in [0.4, 0.5) is 16.4 Å². The van der Waals surface area contributed by atoms with Crippen LogP contribution in [0.1, 0.15) is 49.0 Å². The average molecular weight is 842 g/mol. The lowest BCUT2D eigenvalue weighted by atomic mass is 10.1. The van der Waals surface area contributed by atoms with E-state index in [1.165, 1.54) is 4.68 Å². The van der Waals surface area contributed by atoms with E-state index in [-0.39, 0.29) is 4.90 Å². The van der Waals surface area contributed by atoms with E-state index in [1.807, 2.05) is 39.0 Å². The van der Waals surface area contributed by atoms with Crippen LogP contribution in [-0.2, 0) is 14.9 Å². The van der Waals surface area contributed by atoms with Gasteiger partial charge in [-0.3, -0.25) is 16.1 Å². The zero-order valence-electron chi connectivity index (χ0n) is 28.8. The first-order valence-electron chi connectivity index (χ1n) is 14.6. The Hall–Kier alpha value is -4.52. The van der Waals surface area contributed by atoms with Crippen molar-refractivity contribution in [2.45, 2.75) is 65.9 Å². The number of nitrogen functional groups attached to an aromatic ring is 3. The van der Waals surface area contributed by atoms with E-state index < -0.39 is 21.8 Å². The van der Waals surface area contributed by atoms with Gasteiger partial charge in [0.1, 0.15) is 32.0 Å². The molecule has 5 aromatic rings. The van der Waals surface area contributed by atoms with Crippen molar-refractivity contribution in [3.63, 3.8) is 0 Å². The Morgan fingerprint density at radius 3 is 1.76 bits per heavy atom. The van der Waals surface area contributed by atoms with Crippen molar-refractivity contribution in [1.29, 1.82) is 0 Å². The van der Waals surface area contributed by atoms with Crippen molar-refractivity contribution in [1.82, 2.24) is 15.0 Å². The molecule has 4 heterocycles. The number of ether oxygens (including phenoxy) is 1. The molecule has 1 aromatic carbocycles. The molecule has 18 heteroatoms. The number of halogens is 2. The predicted octanol–water partition coefficient (Wildman–Crippen LogP) is 6.12. The van der Waals surface area contributed by atoms with E-state index in [9.17, 15) is 13.2 Å². The van der Waals surface area contributed by atoms with Gasteiger partial charge >= 0.3 is 11.9 Å². The molecule has 0 radical (unpaired) electrons. The standard InChI is InChI=1S/C9H9BrN4O.C9H8BrN3O.C9H12O3S.C5H11NO2/c1-5-2-3-6(15-5)8-9(11)14(12)4-7(10)13-8;1-5-2-3-6(14-5)8-9(11)12-4-7(10)13-8;1-6-4-7(2)9(8(3)5-6)13(10,11)12;1-5(2,3)8-4(6)7/h2-4,11H,12H2,1H3;2-4H,1H3,(H2,11,12);4-5H,1-3H3,(H,10,11,12);1-3H3,(H2,6,7)/p+1. The molecule has 5 rings (SSSR count). The minimum atomic E-state index is -4.08. The van der Waals surface area contributed by atoms with Crippen LogP contribution in [0.3, 0.4) is 0 Å². The zero-order valence-corrected chi connectivity index (χ0v) is 32.8. The average Bonchev–Trinajstić information content (AvgIpc) is 3.58. The normalized spacial score (nSPS) is 10.9. The van der Waals surface area contributed by atoms with Crippen LogP contribution in [0.2, 0.25) is 0 Å². The van der Waals surface area contributed by atoms with Gasteiger partial charge in [-0.1, -0.05) is 17.7 Å². The van der Waals surface area contributed by atoms with Gasteiger partial charge < -0.3 is 25.0 Å². The van der Waals surface area contributed by atoms with Gasteiger partial charge in [0, 0.05) is 0 Å². The molecule has 0 aliphatic rings. The second kappa shape index (κ2) is 17.4. The maximum Gasteiger partial charge on any atom is 0.405 e. The Balaban J connectivity index is 0.000000237. The smallest absolute Gasteiger partial charge is 0.405 e. The SMILES string of the molecule is CC(C)(C)OC(N)=O.Cc1cc(C)c(S(=O)(=O)O)c(C)c1.Cc1ccc(-c2nc(Br)c[n+](N)c2N)o1.Cc1ccc(-c2nc(Br)cnc2N)o1. The molecule has 15 nitrogen and oxygen atoms in total. The second-order valence-electron chi connectivity index (χ2n) is 11.7. The molecule has 0 spiro atoms. The van der Waals surface area contributed by atoms with Crippen LogP contribution in [0.15, 0.2) is 71.7 Å². The molecule has 270 valence electrons. The van der Waals surface area contributed by atoms with Crippen LogP contribution in [0.5, 0.6) is 0 Å². The number of amides is 1. The summed E-state index contributed by atoms with van der Waals surface area (Å²) in [6.45, 7) is 14.2. The first kappa shape index (κ1) is 41.7. The summed E-state index contributed by atoms with van der Waals surface area (Å²) in [6, 6.07) is 10.8. The molecule has 0 aliphatic carbocycles. The van der Waals surface area contributed by atoms with Crippen LogP contribution in [-0.4, -0.2) is 39.6 Å². The monoisotopic (exact) mass is 839 g/mol. The van der Waals surface area contributed by atoms with Crippen LogP contribution in [0.25, 0.3) is 22.9 Å². The number of primary amides is 1. The Labute approximate surface area is 307 Å². The summed E-state index contributed by atoms with van der Waals surface area (Å²) in [6.07, 6.45) is 2.40. The lowest BCUT2D eigenvalue weighted by Crippen LogP contribution is -2.47. The molecule has 1 amide bonds. The summed E-state index contributed by atoms with van der Waals surface area (Å²) in [4.78, 5) is 22.4. The van der Waals surface area contributed by atoms with Crippen molar-refractivity contribution < 1.29 is 36.0 Å². The maximum absolute atomic E-state index is 10.9. The summed E-state index contributed by atoms with van der Waals surface area (Å²) in [7, 11) is -4.08. The van der Waals surface area contributed by atoms with Crippen LogP contribution in [0, 0.1) is 34.6 Å². The number of rotatable bonds is 3. The van der Waals surface area contributed by atoms with E-state index in [2.05, 4.69) is 51.5 Å². The summed E-state index contributed by atoms with van der Waals surface area (Å²) in [5.74, 6) is 9.22. The summed E-state index contributed by atoms with van der Waals surface area (Å²) >= 11 is 6.47. The third kappa shape index (κ3) is 13.1. The van der Waals surface area contributed by atoms with E-state index in [0.29, 0.717) is 54.9 Å². The lowest BCUT2D eigenvalue weighted by molar-refractivity contribution is -0.624. The highest BCUT2D eigenvalue weighted by molar-refractivity contribution is 9.10. The van der Waals surface area contributed by atoms with Crippen molar-refractivity contribution in [3.8, 4) is 22.9 Å². The van der Waals surface area contributed by atoms with Gasteiger partial charge in [0.05, 0.1) is 11.1 Å². The molecule has 0 atom stereocenters. The fraction of sp³-hybridized carbons (Fsp3) is 0.281. The number of aryl methyl sites for hydroxylation is 5. The summed E-state index contributed by atoms with van der Waals surface area (Å²) in [5.41, 5.74) is 19.0. The first-order valence-corrected chi connectivity index (χ1v) is 17.6. The number of nitrogens with two attached hydrogens (primary N) is 4. The van der Waals surface area contributed by atoms with Gasteiger partial charge in [-0.25, -0.2) is 19.7 Å². The minimum absolute atomic E-state index is 0.0260. The van der Waals surface area contributed by atoms with Gasteiger partial charge in [0.2, 0.25) is 0 Å². The van der Waals surface area contributed by atoms with Crippen LogP contribution < -0.4 is 27.7 Å². The minimum Gasteiger partial charge on any atom is -0.460 e. The topological polar surface area (TPSA) is 254 Å². The molecule has 0 fully saturated rings. The maximum atomic E-state index is 10.9. The number of carbonyl (C=O) groups excluding carboxylic acids is 1. The van der Waals surface area contributed by atoms with E-state index in [1.54, 1.807) is 65.2 Å². The molecule has 4 aromatic heterocycles. The molecule has 9 N–H and O–H groups in total. The number of carbonyl (C=O) groups is 1. The van der Waals surface area contributed by atoms with Crippen LogP contribution >= 0.6 is 31.9 Å². The van der Waals surface area contributed by atoms with Crippen molar-refractivity contribution in [2.24, 2.45) is 5.73 Å². The Morgan fingerprint density at radius 2 is 1.36 bits per heavy atom. The number of furan rings is 2. The second-order valence-corrected chi connectivity index (χ2v) is 14.7. The Kier molecular flexibility index (Phi) is 14.5.